The third-order valence-corrected chi connectivity index (χ3v) is 6.03. The fourth-order valence-electron chi connectivity index (χ4n) is 3.97. The Morgan fingerprint density at radius 1 is 1.03 bits per heavy atom. The first-order chi connectivity index (χ1) is 15.0. The summed E-state index contributed by atoms with van der Waals surface area (Å²) in [5.74, 6) is 0.286. The lowest BCUT2D eigenvalue weighted by atomic mass is 10.0. The fraction of sp³-hybridized carbons (Fsp3) is 0.200. The van der Waals surface area contributed by atoms with E-state index in [9.17, 15) is 9.59 Å². The molecule has 0 aliphatic heterocycles. The number of hydrogen-bond donors (Lipinski definition) is 2. The summed E-state index contributed by atoms with van der Waals surface area (Å²) in [4.78, 5) is 28.0. The minimum Gasteiger partial charge on any atom is -0.485 e. The van der Waals surface area contributed by atoms with Gasteiger partial charge in [0, 0.05) is 27.7 Å². The first kappa shape index (κ1) is 19.6. The number of aromatic amines is 1. The zero-order chi connectivity index (χ0) is 21.5. The number of benzene rings is 3. The van der Waals surface area contributed by atoms with Gasteiger partial charge in [0.15, 0.2) is 6.61 Å². The van der Waals surface area contributed by atoms with Crippen molar-refractivity contribution in [2.45, 2.75) is 19.3 Å². The Labute approximate surface area is 184 Å². The van der Waals surface area contributed by atoms with Gasteiger partial charge in [-0.2, -0.15) is 0 Å². The van der Waals surface area contributed by atoms with E-state index in [-0.39, 0.29) is 23.7 Å². The number of amides is 1. The van der Waals surface area contributed by atoms with Gasteiger partial charge in [-0.15, -0.1) is 0 Å². The Morgan fingerprint density at radius 3 is 2.65 bits per heavy atom. The molecule has 0 spiro atoms. The number of ketones is 1. The van der Waals surface area contributed by atoms with Crippen LogP contribution >= 0.6 is 11.6 Å². The molecule has 3 aromatic carbocycles. The van der Waals surface area contributed by atoms with Gasteiger partial charge < -0.3 is 15.5 Å². The van der Waals surface area contributed by atoms with Crippen LogP contribution in [0, 0.1) is 5.92 Å². The molecular weight excluding hydrogens is 412 g/mol. The van der Waals surface area contributed by atoms with Gasteiger partial charge in [-0.25, -0.2) is 0 Å². The summed E-state index contributed by atoms with van der Waals surface area (Å²) >= 11 is 6.04. The second-order valence-corrected chi connectivity index (χ2v) is 8.58. The summed E-state index contributed by atoms with van der Waals surface area (Å²) in [6.45, 7) is -0.198. The molecule has 5 rings (SSSR count). The first-order valence-corrected chi connectivity index (χ1v) is 10.6. The predicted molar refractivity (Wildman–Crippen MR) is 122 cm³/mol. The summed E-state index contributed by atoms with van der Waals surface area (Å²) in [5, 5.41) is 3.05. The molecule has 0 saturated heterocycles. The maximum Gasteiger partial charge on any atom is 0.252 e. The minimum absolute atomic E-state index is 0.173. The first-order valence-electron chi connectivity index (χ1n) is 10.3. The number of hydrogen-bond acceptors (Lipinski definition) is 3. The van der Waals surface area contributed by atoms with Gasteiger partial charge >= 0.3 is 0 Å². The van der Waals surface area contributed by atoms with E-state index in [0.717, 1.165) is 34.0 Å². The smallest absolute Gasteiger partial charge is 0.252 e. The van der Waals surface area contributed by atoms with Crippen molar-refractivity contribution in [2.75, 3.05) is 6.61 Å². The van der Waals surface area contributed by atoms with Crippen molar-refractivity contribution in [2.24, 2.45) is 11.7 Å². The van der Waals surface area contributed by atoms with E-state index in [0.29, 0.717) is 10.6 Å². The molecule has 3 N–H and O–H groups in total. The molecule has 1 fully saturated rings. The van der Waals surface area contributed by atoms with Crippen LogP contribution in [0.25, 0.3) is 21.7 Å². The fourth-order valence-corrected chi connectivity index (χ4v) is 4.15. The van der Waals surface area contributed by atoms with Crippen molar-refractivity contribution in [1.82, 2.24) is 4.98 Å². The lowest BCUT2D eigenvalue weighted by Crippen LogP contribution is -2.16. The summed E-state index contributed by atoms with van der Waals surface area (Å²) in [6, 6.07) is 14.9. The van der Waals surface area contributed by atoms with Gasteiger partial charge in [-0.1, -0.05) is 29.8 Å². The molecule has 0 radical (unpaired) electrons. The number of fused-ring (bicyclic) bond motifs is 2. The summed E-state index contributed by atoms with van der Waals surface area (Å²) < 4.78 is 5.76. The second kappa shape index (κ2) is 7.75. The van der Waals surface area contributed by atoms with Crippen molar-refractivity contribution in [3.63, 3.8) is 0 Å². The normalized spacial score (nSPS) is 13.6. The standard InChI is InChI=1S/C25H21ClN2O3/c26-18-5-4-16-11-24(20(25(27)30)10-17(16)9-18)31-13-23(29)21-12-28-22-8-15(3-6-19(21)22)7-14-1-2-14/h3-6,8-12,14,28H,1-2,7,13H2,(H2,27,30). The highest BCUT2D eigenvalue weighted by atomic mass is 35.5. The van der Waals surface area contributed by atoms with Crippen molar-refractivity contribution in [3.05, 3.63) is 76.4 Å². The highest BCUT2D eigenvalue weighted by Crippen LogP contribution is 2.33. The van der Waals surface area contributed by atoms with Gasteiger partial charge in [0.25, 0.3) is 5.91 Å². The third kappa shape index (κ3) is 4.01. The second-order valence-electron chi connectivity index (χ2n) is 8.15. The number of aromatic nitrogens is 1. The summed E-state index contributed by atoms with van der Waals surface area (Å²) in [7, 11) is 0. The molecule has 6 heteroatoms. The van der Waals surface area contributed by atoms with Gasteiger partial charge in [-0.3, -0.25) is 9.59 Å². The highest BCUT2D eigenvalue weighted by Gasteiger charge is 2.22. The van der Waals surface area contributed by atoms with E-state index in [1.807, 2.05) is 12.1 Å². The van der Waals surface area contributed by atoms with E-state index < -0.39 is 5.91 Å². The lowest BCUT2D eigenvalue weighted by Gasteiger charge is -2.11. The van der Waals surface area contributed by atoms with Gasteiger partial charge in [0.2, 0.25) is 5.78 Å². The molecule has 1 heterocycles. The van der Waals surface area contributed by atoms with Crippen molar-refractivity contribution in [1.29, 1.82) is 0 Å². The molecule has 156 valence electrons. The number of nitrogens with two attached hydrogens (primary N) is 1. The van der Waals surface area contributed by atoms with Crippen LogP contribution < -0.4 is 10.5 Å². The Bertz CT molecular complexity index is 1340. The van der Waals surface area contributed by atoms with Gasteiger partial charge in [0.1, 0.15) is 5.75 Å². The molecule has 1 aliphatic rings. The van der Waals surface area contributed by atoms with Crippen LogP contribution in [0.5, 0.6) is 5.75 Å². The molecule has 1 aliphatic carbocycles. The van der Waals surface area contributed by atoms with Crippen LogP contribution in [0.2, 0.25) is 5.02 Å². The topological polar surface area (TPSA) is 85.2 Å². The number of primary amides is 1. The van der Waals surface area contributed by atoms with Crippen molar-refractivity contribution < 1.29 is 14.3 Å². The number of Topliss-reactive ketones (excluding diaryl/α,β-unsaturated/α-hetero) is 1. The van der Waals surface area contributed by atoms with Crippen LogP contribution in [0.4, 0.5) is 0 Å². The van der Waals surface area contributed by atoms with E-state index in [1.54, 1.807) is 30.5 Å². The molecule has 4 aromatic rings. The molecule has 1 saturated carbocycles. The molecular formula is C25H21ClN2O3. The Hall–Kier alpha value is -3.31. The lowest BCUT2D eigenvalue weighted by molar-refractivity contribution is 0.0914. The van der Waals surface area contributed by atoms with E-state index in [4.69, 9.17) is 22.1 Å². The molecule has 5 nitrogen and oxygen atoms in total. The van der Waals surface area contributed by atoms with Crippen LogP contribution in [0.3, 0.4) is 0 Å². The quantitative estimate of drug-likeness (QED) is 0.389. The van der Waals surface area contributed by atoms with Crippen LogP contribution in [0.15, 0.2) is 54.7 Å². The Kier molecular flexibility index (Phi) is 4.91. The van der Waals surface area contributed by atoms with Crippen LogP contribution in [0.1, 0.15) is 39.1 Å². The predicted octanol–water partition coefficient (Wildman–Crippen LogP) is 5.29. The number of nitrogens with one attached hydrogen (secondary N) is 1. The maximum absolute atomic E-state index is 12.9. The monoisotopic (exact) mass is 432 g/mol. The largest absolute Gasteiger partial charge is 0.485 e. The van der Waals surface area contributed by atoms with Crippen LogP contribution in [-0.2, 0) is 6.42 Å². The van der Waals surface area contributed by atoms with E-state index >= 15 is 0 Å². The maximum atomic E-state index is 12.9. The molecule has 0 unspecified atom stereocenters. The number of H-pyrrole nitrogens is 1. The number of halogens is 1. The zero-order valence-electron chi connectivity index (χ0n) is 16.8. The van der Waals surface area contributed by atoms with Gasteiger partial charge in [-0.05, 0) is 71.8 Å². The Morgan fingerprint density at radius 2 is 1.87 bits per heavy atom. The summed E-state index contributed by atoms with van der Waals surface area (Å²) in [5.41, 5.74) is 8.55. The Balaban J connectivity index is 1.38. The van der Waals surface area contributed by atoms with E-state index in [2.05, 4.69) is 17.1 Å². The van der Waals surface area contributed by atoms with Crippen molar-refractivity contribution >= 4 is 45.0 Å². The molecule has 0 bridgehead atoms. The highest BCUT2D eigenvalue weighted by molar-refractivity contribution is 6.31. The number of carbonyl (C=O) groups is 2. The van der Waals surface area contributed by atoms with E-state index in [1.165, 1.54) is 18.4 Å². The van der Waals surface area contributed by atoms with Crippen LogP contribution in [-0.4, -0.2) is 23.3 Å². The number of carbonyl (C=O) groups excluding carboxylic acids is 2. The molecule has 31 heavy (non-hydrogen) atoms. The molecule has 1 amide bonds. The average Bonchev–Trinajstić information content (AvgIpc) is 3.46. The van der Waals surface area contributed by atoms with Gasteiger partial charge in [0.05, 0.1) is 5.56 Å². The molecule has 1 aromatic heterocycles. The average molecular weight is 433 g/mol. The minimum atomic E-state index is -0.625. The number of ether oxygens (including phenoxy) is 1. The van der Waals surface area contributed by atoms with Crippen molar-refractivity contribution in [3.8, 4) is 5.75 Å². The SMILES string of the molecule is NC(=O)c1cc2cc(Cl)ccc2cc1OCC(=O)c1c[nH]c2cc(CC3CC3)ccc12. The summed E-state index contributed by atoms with van der Waals surface area (Å²) in [6.07, 6.45) is 5.41. The zero-order valence-corrected chi connectivity index (χ0v) is 17.5. The third-order valence-electron chi connectivity index (χ3n) is 5.79. The molecule has 0 atom stereocenters. The number of rotatable bonds is 7.